The zero-order valence-electron chi connectivity index (χ0n) is 13.9. The van der Waals surface area contributed by atoms with Crippen LogP contribution in [0.4, 0.5) is 0 Å². The molecule has 1 amide bonds. The number of nitrogens with zero attached hydrogens (tertiary/aromatic N) is 4. The summed E-state index contributed by atoms with van der Waals surface area (Å²) in [5.41, 5.74) is 0. The van der Waals surface area contributed by atoms with Crippen molar-refractivity contribution < 1.29 is 9.53 Å². The number of hydrogen-bond donors (Lipinski definition) is 0. The van der Waals surface area contributed by atoms with Gasteiger partial charge in [-0.3, -0.25) is 14.4 Å². The normalized spacial score (nSPS) is 28.5. The zero-order valence-corrected chi connectivity index (χ0v) is 14.7. The fourth-order valence-electron chi connectivity index (χ4n) is 4.50. The average molecular weight is 353 g/mol. The predicted octanol–water partition coefficient (Wildman–Crippen LogP) is 1.64. The summed E-state index contributed by atoms with van der Waals surface area (Å²) in [6.45, 7) is 5.27. The number of likely N-dealkylation sites (tertiary alicyclic amines) is 2. The van der Waals surface area contributed by atoms with Crippen LogP contribution in [-0.4, -0.2) is 70.4 Å². The standard InChI is InChI=1S/C17H25ClN4O2/c18-14-11-19-21(12-14)8-7-20-5-1-16-15(20)2-6-22(16)17(23)13-3-9-24-10-4-13/h11-13,15-16H,1-10H2/t15-,16-/m0/s1. The van der Waals surface area contributed by atoms with Crippen molar-refractivity contribution in [2.24, 2.45) is 5.92 Å². The van der Waals surface area contributed by atoms with Crippen LogP contribution < -0.4 is 0 Å². The SMILES string of the molecule is O=C(C1CCOCC1)N1CC[C@H]2[C@@H]1CCN2CCn1cc(Cl)cn1. The van der Waals surface area contributed by atoms with Gasteiger partial charge in [0, 0.05) is 57.0 Å². The molecular formula is C17H25ClN4O2. The van der Waals surface area contributed by atoms with Gasteiger partial charge in [-0.05, 0) is 25.7 Å². The number of ether oxygens (including phenoxy) is 1. The summed E-state index contributed by atoms with van der Waals surface area (Å²) in [5.74, 6) is 0.546. The van der Waals surface area contributed by atoms with Crippen LogP contribution in [0.1, 0.15) is 25.7 Å². The molecule has 132 valence electrons. The molecule has 0 radical (unpaired) electrons. The molecule has 4 heterocycles. The molecule has 4 rings (SSSR count). The predicted molar refractivity (Wildman–Crippen MR) is 90.9 cm³/mol. The van der Waals surface area contributed by atoms with E-state index in [1.807, 2.05) is 10.9 Å². The van der Waals surface area contributed by atoms with Crippen LogP contribution in [0.5, 0.6) is 0 Å². The third-order valence-corrected chi connectivity index (χ3v) is 5.96. The van der Waals surface area contributed by atoms with Gasteiger partial charge in [-0.25, -0.2) is 0 Å². The molecule has 6 nitrogen and oxygen atoms in total. The lowest BCUT2D eigenvalue weighted by Gasteiger charge is -2.30. The molecule has 0 aliphatic carbocycles. The molecule has 0 saturated carbocycles. The Labute approximate surface area is 147 Å². The van der Waals surface area contributed by atoms with Crippen molar-refractivity contribution in [2.75, 3.05) is 32.8 Å². The van der Waals surface area contributed by atoms with Crippen LogP contribution in [0.2, 0.25) is 5.02 Å². The molecule has 7 heteroatoms. The number of aromatic nitrogens is 2. The minimum atomic E-state index is 0.178. The topological polar surface area (TPSA) is 50.6 Å². The van der Waals surface area contributed by atoms with Crippen molar-refractivity contribution >= 4 is 17.5 Å². The Morgan fingerprint density at radius 1 is 1.17 bits per heavy atom. The summed E-state index contributed by atoms with van der Waals surface area (Å²) in [6, 6.07) is 0.918. The molecule has 3 fully saturated rings. The van der Waals surface area contributed by atoms with E-state index < -0.39 is 0 Å². The minimum Gasteiger partial charge on any atom is -0.381 e. The van der Waals surface area contributed by atoms with Gasteiger partial charge >= 0.3 is 0 Å². The highest BCUT2D eigenvalue weighted by Crippen LogP contribution is 2.33. The van der Waals surface area contributed by atoms with Crippen molar-refractivity contribution in [1.29, 1.82) is 0 Å². The third kappa shape index (κ3) is 3.19. The van der Waals surface area contributed by atoms with E-state index >= 15 is 0 Å². The van der Waals surface area contributed by atoms with E-state index in [-0.39, 0.29) is 5.92 Å². The highest BCUT2D eigenvalue weighted by molar-refractivity contribution is 6.30. The van der Waals surface area contributed by atoms with Crippen molar-refractivity contribution in [3.05, 3.63) is 17.4 Å². The van der Waals surface area contributed by atoms with E-state index in [1.54, 1.807) is 6.20 Å². The second-order valence-corrected chi connectivity index (χ2v) is 7.52. The molecule has 1 aromatic heterocycles. The number of rotatable bonds is 4. The van der Waals surface area contributed by atoms with E-state index in [0.717, 1.165) is 65.1 Å². The van der Waals surface area contributed by atoms with Crippen molar-refractivity contribution in [3.63, 3.8) is 0 Å². The molecule has 0 N–H and O–H groups in total. The van der Waals surface area contributed by atoms with Crippen LogP contribution in [0.15, 0.2) is 12.4 Å². The summed E-state index contributed by atoms with van der Waals surface area (Å²) in [6.07, 6.45) is 7.51. The second kappa shape index (κ2) is 7.02. The quantitative estimate of drug-likeness (QED) is 0.826. The summed E-state index contributed by atoms with van der Waals surface area (Å²) in [7, 11) is 0. The first-order chi connectivity index (χ1) is 11.7. The number of carbonyl (C=O) groups is 1. The zero-order chi connectivity index (χ0) is 16.5. The number of hydrogen-bond acceptors (Lipinski definition) is 4. The molecule has 24 heavy (non-hydrogen) atoms. The van der Waals surface area contributed by atoms with Gasteiger partial charge in [-0.2, -0.15) is 5.10 Å². The highest BCUT2D eigenvalue weighted by atomic mass is 35.5. The Balaban J connectivity index is 1.34. The smallest absolute Gasteiger partial charge is 0.226 e. The lowest BCUT2D eigenvalue weighted by atomic mass is 9.98. The van der Waals surface area contributed by atoms with Crippen molar-refractivity contribution in [2.45, 2.75) is 44.3 Å². The number of amides is 1. The number of halogens is 1. The van der Waals surface area contributed by atoms with Gasteiger partial charge in [0.25, 0.3) is 0 Å². The van der Waals surface area contributed by atoms with Crippen LogP contribution >= 0.6 is 11.6 Å². The third-order valence-electron chi connectivity index (χ3n) is 5.76. The largest absolute Gasteiger partial charge is 0.381 e. The van der Waals surface area contributed by atoms with E-state index in [0.29, 0.717) is 23.0 Å². The summed E-state index contributed by atoms with van der Waals surface area (Å²) >= 11 is 5.92. The first-order valence-electron chi connectivity index (χ1n) is 9.02. The molecule has 0 unspecified atom stereocenters. The molecule has 3 saturated heterocycles. The van der Waals surface area contributed by atoms with Gasteiger partial charge in [0.1, 0.15) is 0 Å². The maximum absolute atomic E-state index is 12.9. The minimum absolute atomic E-state index is 0.178. The summed E-state index contributed by atoms with van der Waals surface area (Å²) in [4.78, 5) is 17.6. The van der Waals surface area contributed by atoms with Crippen LogP contribution in [0.3, 0.4) is 0 Å². The second-order valence-electron chi connectivity index (χ2n) is 7.09. The maximum atomic E-state index is 12.9. The lowest BCUT2D eigenvalue weighted by Crippen LogP contribution is -2.43. The van der Waals surface area contributed by atoms with E-state index in [9.17, 15) is 4.79 Å². The Morgan fingerprint density at radius 3 is 2.71 bits per heavy atom. The van der Waals surface area contributed by atoms with Gasteiger partial charge in [0.15, 0.2) is 0 Å². The Hall–Kier alpha value is -1.11. The van der Waals surface area contributed by atoms with Crippen molar-refractivity contribution in [3.8, 4) is 0 Å². The fraction of sp³-hybridized carbons (Fsp3) is 0.765. The molecule has 0 bridgehead atoms. The first kappa shape index (κ1) is 16.4. The molecule has 1 aromatic rings. The van der Waals surface area contributed by atoms with E-state index in [2.05, 4.69) is 14.9 Å². The lowest BCUT2D eigenvalue weighted by molar-refractivity contribution is -0.139. The average Bonchev–Trinajstić information content (AvgIpc) is 3.30. The first-order valence-corrected chi connectivity index (χ1v) is 9.40. The number of carbonyl (C=O) groups excluding carboxylic acids is 1. The molecule has 3 aliphatic heterocycles. The molecule has 3 aliphatic rings. The Bertz CT molecular complexity index is 587. The van der Waals surface area contributed by atoms with Crippen LogP contribution in [0.25, 0.3) is 0 Å². The van der Waals surface area contributed by atoms with Gasteiger partial charge in [0.05, 0.1) is 17.8 Å². The Morgan fingerprint density at radius 2 is 1.96 bits per heavy atom. The van der Waals surface area contributed by atoms with Crippen LogP contribution in [0, 0.1) is 5.92 Å². The van der Waals surface area contributed by atoms with Gasteiger partial charge < -0.3 is 9.64 Å². The summed E-state index contributed by atoms with van der Waals surface area (Å²) in [5, 5.41) is 4.93. The molecule has 0 spiro atoms. The van der Waals surface area contributed by atoms with Gasteiger partial charge in [0.2, 0.25) is 5.91 Å². The van der Waals surface area contributed by atoms with Crippen molar-refractivity contribution in [1.82, 2.24) is 19.6 Å². The van der Waals surface area contributed by atoms with Gasteiger partial charge in [-0.15, -0.1) is 0 Å². The highest BCUT2D eigenvalue weighted by Gasteiger charge is 2.45. The fourth-order valence-corrected chi connectivity index (χ4v) is 4.65. The molecule has 2 atom stereocenters. The van der Waals surface area contributed by atoms with Gasteiger partial charge in [-0.1, -0.05) is 11.6 Å². The van der Waals surface area contributed by atoms with E-state index in [4.69, 9.17) is 16.3 Å². The number of fused-ring (bicyclic) bond motifs is 1. The maximum Gasteiger partial charge on any atom is 0.226 e. The monoisotopic (exact) mass is 352 g/mol. The van der Waals surface area contributed by atoms with E-state index in [1.165, 1.54) is 0 Å². The molecular weight excluding hydrogens is 328 g/mol. The van der Waals surface area contributed by atoms with Crippen LogP contribution in [-0.2, 0) is 16.1 Å². The summed E-state index contributed by atoms with van der Waals surface area (Å²) < 4.78 is 7.29. The Kier molecular flexibility index (Phi) is 4.79. The molecule has 0 aromatic carbocycles.